The van der Waals surface area contributed by atoms with E-state index in [1.54, 1.807) is 6.08 Å². The van der Waals surface area contributed by atoms with Gasteiger partial charge in [-0.25, -0.2) is 9.97 Å². The zero-order valence-corrected chi connectivity index (χ0v) is 15.8. The topological polar surface area (TPSA) is 67.4 Å². The maximum absolute atomic E-state index is 12.2. The molecule has 1 amide bonds. The first-order valence-corrected chi connectivity index (χ1v) is 9.80. The Morgan fingerprint density at radius 2 is 2.23 bits per heavy atom. The molecule has 3 heterocycles. The molecule has 1 atom stereocenters. The Kier molecular flexibility index (Phi) is 6.61. The van der Waals surface area contributed by atoms with Gasteiger partial charge in [0.1, 0.15) is 11.6 Å². The third-order valence-electron chi connectivity index (χ3n) is 5.25. The van der Waals surface area contributed by atoms with E-state index in [0.29, 0.717) is 12.3 Å². The summed E-state index contributed by atoms with van der Waals surface area (Å²) in [5.74, 6) is 2.64. The number of hydrogen-bond acceptors (Lipinski definition) is 5. The van der Waals surface area contributed by atoms with Crippen LogP contribution in [0.15, 0.2) is 12.7 Å². The van der Waals surface area contributed by atoms with Gasteiger partial charge in [0.05, 0.1) is 5.69 Å². The zero-order chi connectivity index (χ0) is 18.4. The molecule has 0 spiro atoms. The molecule has 0 aliphatic carbocycles. The molecule has 0 bridgehead atoms. The van der Waals surface area contributed by atoms with E-state index in [0.717, 1.165) is 82.3 Å². The van der Waals surface area contributed by atoms with Crippen LogP contribution in [0.3, 0.4) is 0 Å². The van der Waals surface area contributed by atoms with Gasteiger partial charge in [-0.05, 0) is 25.2 Å². The fraction of sp³-hybridized carbons (Fsp3) is 0.650. The molecule has 0 unspecified atom stereocenters. The molecule has 26 heavy (non-hydrogen) atoms. The number of ether oxygens (including phenoxy) is 1. The Labute approximate surface area is 156 Å². The summed E-state index contributed by atoms with van der Waals surface area (Å²) in [6.45, 7) is 9.87. The summed E-state index contributed by atoms with van der Waals surface area (Å²) < 4.78 is 5.46. The number of carbonyl (C=O) groups is 1. The first-order chi connectivity index (χ1) is 12.7. The third-order valence-corrected chi connectivity index (χ3v) is 5.25. The molecule has 1 saturated heterocycles. The van der Waals surface area contributed by atoms with Crippen LogP contribution in [0.1, 0.15) is 43.3 Å². The number of amides is 1. The van der Waals surface area contributed by atoms with Crippen LogP contribution in [0.4, 0.5) is 5.82 Å². The van der Waals surface area contributed by atoms with E-state index in [-0.39, 0.29) is 5.91 Å². The van der Waals surface area contributed by atoms with Crippen LogP contribution < -0.4 is 5.32 Å². The van der Waals surface area contributed by atoms with E-state index < -0.39 is 0 Å². The SMILES string of the molecule is C=CCC(=O)N1CCc2nc(CC)nc(NCC[C@H]3CCOC3)c2CC1. The monoisotopic (exact) mass is 358 g/mol. The molecule has 1 fully saturated rings. The van der Waals surface area contributed by atoms with Crippen molar-refractivity contribution in [2.45, 2.75) is 45.4 Å². The largest absolute Gasteiger partial charge is 0.381 e. The number of nitrogens with one attached hydrogen (secondary N) is 1. The minimum atomic E-state index is 0.146. The first-order valence-electron chi connectivity index (χ1n) is 9.80. The zero-order valence-electron chi connectivity index (χ0n) is 15.8. The first kappa shape index (κ1) is 18.8. The van der Waals surface area contributed by atoms with Gasteiger partial charge in [0.15, 0.2) is 0 Å². The van der Waals surface area contributed by atoms with Crippen molar-refractivity contribution in [1.82, 2.24) is 14.9 Å². The highest BCUT2D eigenvalue weighted by atomic mass is 16.5. The van der Waals surface area contributed by atoms with Crippen molar-refractivity contribution in [3.8, 4) is 0 Å². The van der Waals surface area contributed by atoms with Gasteiger partial charge in [-0.15, -0.1) is 6.58 Å². The number of rotatable bonds is 7. The van der Waals surface area contributed by atoms with Gasteiger partial charge in [-0.1, -0.05) is 13.0 Å². The van der Waals surface area contributed by atoms with Crippen LogP contribution in [0, 0.1) is 5.92 Å². The average Bonchev–Trinajstić information content (AvgIpc) is 3.06. The number of aromatic nitrogens is 2. The Balaban J connectivity index is 1.70. The lowest BCUT2D eigenvalue weighted by atomic mass is 10.1. The molecule has 0 saturated carbocycles. The summed E-state index contributed by atoms with van der Waals surface area (Å²) >= 11 is 0. The molecule has 1 aromatic rings. The van der Waals surface area contributed by atoms with Crippen molar-refractivity contribution >= 4 is 11.7 Å². The second-order valence-corrected chi connectivity index (χ2v) is 7.09. The van der Waals surface area contributed by atoms with E-state index in [9.17, 15) is 4.79 Å². The highest BCUT2D eigenvalue weighted by Gasteiger charge is 2.22. The summed E-state index contributed by atoms with van der Waals surface area (Å²) in [5, 5.41) is 3.55. The highest BCUT2D eigenvalue weighted by molar-refractivity contribution is 5.77. The average molecular weight is 358 g/mol. The predicted octanol–water partition coefficient (Wildman–Crippen LogP) is 2.38. The third kappa shape index (κ3) is 4.61. The van der Waals surface area contributed by atoms with E-state index in [2.05, 4.69) is 18.8 Å². The van der Waals surface area contributed by atoms with Gasteiger partial charge in [-0.2, -0.15) is 0 Å². The van der Waals surface area contributed by atoms with Crippen molar-refractivity contribution < 1.29 is 9.53 Å². The fourth-order valence-electron chi connectivity index (χ4n) is 3.66. The molecule has 1 aromatic heterocycles. The molecular formula is C20H30N4O2. The van der Waals surface area contributed by atoms with Crippen molar-refractivity contribution in [3.63, 3.8) is 0 Å². The minimum Gasteiger partial charge on any atom is -0.381 e. The van der Waals surface area contributed by atoms with Gasteiger partial charge < -0.3 is 15.0 Å². The van der Waals surface area contributed by atoms with Crippen molar-refractivity contribution in [3.05, 3.63) is 29.7 Å². The van der Waals surface area contributed by atoms with Gasteiger partial charge in [0, 0.05) is 57.7 Å². The van der Waals surface area contributed by atoms with Crippen LogP contribution >= 0.6 is 0 Å². The van der Waals surface area contributed by atoms with Crippen molar-refractivity contribution in [2.75, 3.05) is 38.2 Å². The lowest BCUT2D eigenvalue weighted by molar-refractivity contribution is -0.130. The maximum Gasteiger partial charge on any atom is 0.226 e. The second-order valence-electron chi connectivity index (χ2n) is 7.09. The molecule has 3 rings (SSSR count). The molecule has 2 aliphatic rings. The minimum absolute atomic E-state index is 0.146. The molecule has 142 valence electrons. The van der Waals surface area contributed by atoms with Crippen LogP contribution in [-0.4, -0.2) is 53.6 Å². The number of aryl methyl sites for hydroxylation is 1. The molecule has 6 heteroatoms. The Hall–Kier alpha value is -1.95. The summed E-state index contributed by atoms with van der Waals surface area (Å²) in [5.41, 5.74) is 2.27. The lowest BCUT2D eigenvalue weighted by Gasteiger charge is -2.19. The molecule has 0 aromatic carbocycles. The summed E-state index contributed by atoms with van der Waals surface area (Å²) in [7, 11) is 0. The van der Waals surface area contributed by atoms with Crippen LogP contribution in [0.25, 0.3) is 0 Å². The van der Waals surface area contributed by atoms with Gasteiger partial charge >= 0.3 is 0 Å². The number of nitrogens with zero attached hydrogens (tertiary/aromatic N) is 3. The van der Waals surface area contributed by atoms with E-state index in [1.165, 1.54) is 5.56 Å². The van der Waals surface area contributed by atoms with Crippen molar-refractivity contribution in [2.24, 2.45) is 5.92 Å². The van der Waals surface area contributed by atoms with Gasteiger partial charge in [-0.3, -0.25) is 4.79 Å². The van der Waals surface area contributed by atoms with Crippen molar-refractivity contribution in [1.29, 1.82) is 0 Å². The molecule has 1 N–H and O–H groups in total. The van der Waals surface area contributed by atoms with E-state index in [4.69, 9.17) is 14.7 Å². The van der Waals surface area contributed by atoms with Crippen LogP contribution in [-0.2, 0) is 28.8 Å². The predicted molar refractivity (Wildman–Crippen MR) is 102 cm³/mol. The standard InChI is InChI=1S/C20H30N4O2/c1-3-5-19(25)24-11-7-16-17(8-12-24)22-18(4-2)23-20(16)21-10-6-15-9-13-26-14-15/h3,15H,1,4-14H2,2H3,(H,21,22,23)/t15-/m0/s1. The summed E-state index contributed by atoms with van der Waals surface area (Å²) in [6.07, 6.45) is 6.74. The Morgan fingerprint density at radius 3 is 2.96 bits per heavy atom. The molecule has 0 radical (unpaired) electrons. The normalized spacial score (nSPS) is 19.7. The molecule has 2 aliphatic heterocycles. The molecule has 6 nitrogen and oxygen atoms in total. The maximum atomic E-state index is 12.2. The Morgan fingerprint density at radius 1 is 1.38 bits per heavy atom. The van der Waals surface area contributed by atoms with Gasteiger partial charge in [0.2, 0.25) is 5.91 Å². The van der Waals surface area contributed by atoms with Crippen LogP contribution in [0.2, 0.25) is 0 Å². The number of carbonyl (C=O) groups excluding carboxylic acids is 1. The lowest BCUT2D eigenvalue weighted by Crippen LogP contribution is -2.32. The Bertz CT molecular complexity index is 641. The number of anilines is 1. The second kappa shape index (κ2) is 9.12. The fourth-order valence-corrected chi connectivity index (χ4v) is 3.66. The summed E-state index contributed by atoms with van der Waals surface area (Å²) in [6, 6.07) is 0. The smallest absolute Gasteiger partial charge is 0.226 e. The number of hydrogen-bond donors (Lipinski definition) is 1. The quantitative estimate of drug-likeness (QED) is 0.758. The molecular weight excluding hydrogens is 328 g/mol. The van der Waals surface area contributed by atoms with E-state index in [1.807, 2.05) is 4.90 Å². The van der Waals surface area contributed by atoms with E-state index >= 15 is 0 Å². The van der Waals surface area contributed by atoms with Crippen LogP contribution in [0.5, 0.6) is 0 Å². The summed E-state index contributed by atoms with van der Waals surface area (Å²) in [4.78, 5) is 23.6. The highest BCUT2D eigenvalue weighted by Crippen LogP contribution is 2.23. The number of fused-ring (bicyclic) bond motifs is 1. The van der Waals surface area contributed by atoms with Gasteiger partial charge in [0.25, 0.3) is 0 Å².